The third kappa shape index (κ3) is 3.05. The molecule has 2 rings (SSSR count). The first-order valence-corrected chi connectivity index (χ1v) is 8.06. The summed E-state index contributed by atoms with van der Waals surface area (Å²) in [6, 6.07) is 10.1. The highest BCUT2D eigenvalue weighted by molar-refractivity contribution is 7.89. The van der Waals surface area contributed by atoms with Gasteiger partial charge in [-0.1, -0.05) is 24.3 Å². The zero-order valence-corrected chi connectivity index (χ0v) is 13.1. The molecule has 1 N–H and O–H groups in total. The first-order valence-electron chi connectivity index (χ1n) is 6.62. The average Bonchev–Trinajstić information content (AvgIpc) is 2.51. The predicted octanol–water partition coefficient (Wildman–Crippen LogP) is 1.94. The molecule has 0 radical (unpaired) electrons. The fourth-order valence-corrected chi connectivity index (χ4v) is 3.55. The van der Waals surface area contributed by atoms with E-state index in [1.165, 1.54) is 20.2 Å². The lowest BCUT2D eigenvalue weighted by atomic mass is 10.1. The Labute approximate surface area is 129 Å². The molecule has 0 fully saturated rings. The van der Waals surface area contributed by atoms with Gasteiger partial charge in [0.25, 0.3) is 0 Å². The van der Waals surface area contributed by atoms with Crippen LogP contribution in [0.2, 0.25) is 0 Å². The number of benzene rings is 2. The largest absolute Gasteiger partial charge is 0.496 e. The Morgan fingerprint density at radius 2 is 1.82 bits per heavy atom. The van der Waals surface area contributed by atoms with Crippen LogP contribution < -0.4 is 4.74 Å². The van der Waals surface area contributed by atoms with E-state index in [0.717, 1.165) is 4.31 Å². The van der Waals surface area contributed by atoms with Gasteiger partial charge in [-0.25, -0.2) is 12.7 Å². The fraction of sp³-hybridized carbons (Fsp3) is 0.267. The lowest BCUT2D eigenvalue weighted by Gasteiger charge is -2.18. The second kappa shape index (κ2) is 6.33. The minimum Gasteiger partial charge on any atom is -0.496 e. The molecule has 0 amide bonds. The summed E-state index contributed by atoms with van der Waals surface area (Å²) in [6.07, 6.45) is -0.246. The molecule has 0 saturated carbocycles. The van der Waals surface area contributed by atoms with Gasteiger partial charge in [0.1, 0.15) is 5.75 Å². The highest BCUT2D eigenvalue weighted by Gasteiger charge is 2.24. The molecule has 0 aliphatic heterocycles. The van der Waals surface area contributed by atoms with E-state index in [1.807, 2.05) is 0 Å². The van der Waals surface area contributed by atoms with Gasteiger partial charge in [-0.2, -0.15) is 0 Å². The number of methoxy groups -OCH3 is 1. The average molecular weight is 323 g/mol. The fourth-order valence-electron chi connectivity index (χ4n) is 2.19. The maximum Gasteiger partial charge on any atom is 0.304 e. The molecule has 6 nitrogen and oxygen atoms in total. The van der Waals surface area contributed by atoms with Crippen LogP contribution in [0, 0.1) is 0 Å². The summed E-state index contributed by atoms with van der Waals surface area (Å²) >= 11 is 0. The van der Waals surface area contributed by atoms with Crippen LogP contribution in [0.1, 0.15) is 6.42 Å². The molecule has 7 heteroatoms. The van der Waals surface area contributed by atoms with Crippen LogP contribution in [0.25, 0.3) is 10.8 Å². The van der Waals surface area contributed by atoms with Crippen LogP contribution in [-0.2, 0) is 14.8 Å². The van der Waals surface area contributed by atoms with Crippen LogP contribution in [-0.4, -0.2) is 44.5 Å². The third-order valence-electron chi connectivity index (χ3n) is 3.39. The highest BCUT2D eigenvalue weighted by Crippen LogP contribution is 2.31. The van der Waals surface area contributed by atoms with Crippen molar-refractivity contribution in [1.29, 1.82) is 0 Å². The minimum atomic E-state index is -3.77. The number of ether oxygens (including phenoxy) is 1. The molecule has 0 aromatic heterocycles. The molecule has 0 saturated heterocycles. The number of carboxylic acid groups (broad SMARTS) is 1. The van der Waals surface area contributed by atoms with Gasteiger partial charge in [0, 0.05) is 24.4 Å². The molecule has 22 heavy (non-hydrogen) atoms. The molecule has 0 atom stereocenters. The summed E-state index contributed by atoms with van der Waals surface area (Å²) in [5.74, 6) is -0.454. The van der Waals surface area contributed by atoms with Crippen molar-refractivity contribution in [2.24, 2.45) is 0 Å². The Balaban J connectivity index is 2.52. The number of nitrogens with zero attached hydrogens (tertiary/aromatic N) is 1. The number of aliphatic carboxylic acids is 1. The van der Waals surface area contributed by atoms with Crippen LogP contribution in [0.5, 0.6) is 5.75 Å². The van der Waals surface area contributed by atoms with E-state index in [1.54, 1.807) is 30.3 Å². The second-order valence-corrected chi connectivity index (χ2v) is 6.80. The zero-order chi connectivity index (χ0) is 16.3. The molecule has 0 aliphatic rings. The first kappa shape index (κ1) is 16.3. The Hall–Kier alpha value is -2.12. The van der Waals surface area contributed by atoms with Crippen molar-refractivity contribution < 1.29 is 23.1 Å². The smallest absolute Gasteiger partial charge is 0.304 e. The molecule has 0 unspecified atom stereocenters. The molecule has 0 heterocycles. The van der Waals surface area contributed by atoms with Crippen LogP contribution >= 0.6 is 0 Å². The zero-order valence-electron chi connectivity index (χ0n) is 12.3. The molecule has 0 aliphatic carbocycles. The summed E-state index contributed by atoms with van der Waals surface area (Å²) in [4.78, 5) is 10.8. The molecule has 118 valence electrons. The van der Waals surface area contributed by atoms with Gasteiger partial charge in [0.05, 0.1) is 18.4 Å². The number of fused-ring (bicyclic) bond motifs is 1. The van der Waals surface area contributed by atoms with E-state index in [9.17, 15) is 13.2 Å². The van der Waals surface area contributed by atoms with E-state index in [0.29, 0.717) is 16.5 Å². The Morgan fingerprint density at radius 3 is 2.41 bits per heavy atom. The normalized spacial score (nSPS) is 11.8. The number of carbonyl (C=O) groups is 1. The van der Waals surface area contributed by atoms with Gasteiger partial charge < -0.3 is 9.84 Å². The van der Waals surface area contributed by atoms with Gasteiger partial charge in [0.15, 0.2) is 0 Å². The van der Waals surface area contributed by atoms with Crippen molar-refractivity contribution in [2.75, 3.05) is 20.7 Å². The number of carboxylic acids is 1. The van der Waals surface area contributed by atoms with E-state index < -0.39 is 16.0 Å². The van der Waals surface area contributed by atoms with Crippen molar-refractivity contribution in [1.82, 2.24) is 4.31 Å². The van der Waals surface area contributed by atoms with E-state index >= 15 is 0 Å². The van der Waals surface area contributed by atoms with Gasteiger partial charge in [0.2, 0.25) is 10.0 Å². The third-order valence-corrected chi connectivity index (χ3v) is 5.31. The van der Waals surface area contributed by atoms with Crippen molar-refractivity contribution >= 4 is 26.8 Å². The molecule has 0 spiro atoms. The number of hydrogen-bond acceptors (Lipinski definition) is 4. The predicted molar refractivity (Wildman–Crippen MR) is 82.6 cm³/mol. The van der Waals surface area contributed by atoms with Crippen LogP contribution in [0.4, 0.5) is 0 Å². The number of sulfonamides is 1. The maximum absolute atomic E-state index is 12.7. The molecule has 0 bridgehead atoms. The second-order valence-electron chi connectivity index (χ2n) is 4.78. The van der Waals surface area contributed by atoms with Crippen LogP contribution in [0.3, 0.4) is 0 Å². The lowest BCUT2D eigenvalue weighted by Crippen LogP contribution is -2.29. The molecular formula is C15H17NO5S. The van der Waals surface area contributed by atoms with E-state index in [4.69, 9.17) is 9.84 Å². The van der Waals surface area contributed by atoms with Crippen molar-refractivity contribution in [3.8, 4) is 5.75 Å². The van der Waals surface area contributed by atoms with Gasteiger partial charge in [-0.05, 0) is 12.1 Å². The summed E-state index contributed by atoms with van der Waals surface area (Å²) < 4.78 is 31.6. The Kier molecular flexibility index (Phi) is 4.68. The van der Waals surface area contributed by atoms with Crippen molar-refractivity contribution in [2.45, 2.75) is 11.3 Å². The first-order chi connectivity index (χ1) is 10.4. The highest BCUT2D eigenvalue weighted by atomic mass is 32.2. The lowest BCUT2D eigenvalue weighted by molar-refractivity contribution is -0.137. The summed E-state index contributed by atoms with van der Waals surface area (Å²) in [5, 5.41) is 9.94. The monoisotopic (exact) mass is 323 g/mol. The summed E-state index contributed by atoms with van der Waals surface area (Å²) in [7, 11) is -0.877. The molecule has 2 aromatic rings. The van der Waals surface area contributed by atoms with Gasteiger partial charge in [-0.3, -0.25) is 4.79 Å². The minimum absolute atomic E-state index is 0.0853. The molecule has 2 aromatic carbocycles. The maximum atomic E-state index is 12.7. The topological polar surface area (TPSA) is 83.9 Å². The van der Waals surface area contributed by atoms with E-state index in [2.05, 4.69) is 0 Å². The van der Waals surface area contributed by atoms with Crippen molar-refractivity contribution in [3.63, 3.8) is 0 Å². The summed E-state index contributed by atoms with van der Waals surface area (Å²) in [6.45, 7) is -0.0853. The van der Waals surface area contributed by atoms with Crippen LogP contribution in [0.15, 0.2) is 41.3 Å². The number of hydrogen-bond donors (Lipinski definition) is 1. The number of rotatable bonds is 6. The SMILES string of the molecule is COc1ccc(S(=O)(=O)N(C)CCC(=O)O)c2ccccc12. The van der Waals surface area contributed by atoms with Gasteiger partial charge in [-0.15, -0.1) is 0 Å². The quantitative estimate of drug-likeness (QED) is 0.878. The standard InChI is InChI=1S/C15H17NO5S/c1-16(10-9-15(17)18)22(19,20)14-8-7-13(21-2)11-5-3-4-6-12(11)14/h3-8H,9-10H2,1-2H3,(H,17,18). The van der Waals surface area contributed by atoms with Crippen molar-refractivity contribution in [3.05, 3.63) is 36.4 Å². The summed E-state index contributed by atoms with van der Waals surface area (Å²) in [5.41, 5.74) is 0. The molecular weight excluding hydrogens is 306 g/mol. The Bertz CT molecular complexity index is 801. The van der Waals surface area contributed by atoms with Gasteiger partial charge >= 0.3 is 5.97 Å². The Morgan fingerprint density at radius 1 is 1.18 bits per heavy atom. The van der Waals surface area contributed by atoms with E-state index in [-0.39, 0.29) is 17.9 Å².